The number of rotatable bonds is 3. The lowest BCUT2D eigenvalue weighted by Gasteiger charge is -2.60. The fourth-order valence-electron chi connectivity index (χ4n) is 5.65. The molecule has 0 saturated heterocycles. The summed E-state index contributed by atoms with van der Waals surface area (Å²) in [4.78, 5) is 13.9. The quantitative estimate of drug-likeness (QED) is 0.666. The number of carbonyl (C=O) groups is 1. The van der Waals surface area contributed by atoms with Crippen LogP contribution in [0, 0.1) is 17.8 Å². The highest BCUT2D eigenvalue weighted by Crippen LogP contribution is 2.58. The van der Waals surface area contributed by atoms with Gasteiger partial charge in [0.25, 0.3) is 5.91 Å². The predicted molar refractivity (Wildman–Crippen MR) is 85.0 cm³/mol. The summed E-state index contributed by atoms with van der Waals surface area (Å²) < 4.78 is 0. The number of carbonyl (C=O) groups excluding carboxylic acids is 1. The maximum Gasteiger partial charge on any atom is 0.274 e. The standard InChI is InChI=1S/C18H24N2O2/c1-20(16-4-2-15(3-5-16)17(21)19-22)18-9-12-6-13(10-18)8-14(7-12)11-18/h2-5,12-14,22H,6-11H2,1H3,(H,19,21). The van der Waals surface area contributed by atoms with Crippen LogP contribution < -0.4 is 10.4 Å². The first-order valence-electron chi connectivity index (χ1n) is 8.38. The highest BCUT2D eigenvalue weighted by molar-refractivity contribution is 5.93. The van der Waals surface area contributed by atoms with Gasteiger partial charge in [-0.3, -0.25) is 10.0 Å². The number of anilines is 1. The van der Waals surface area contributed by atoms with Gasteiger partial charge in [0.1, 0.15) is 0 Å². The van der Waals surface area contributed by atoms with Gasteiger partial charge >= 0.3 is 0 Å². The summed E-state index contributed by atoms with van der Waals surface area (Å²) in [6.45, 7) is 0. The van der Waals surface area contributed by atoms with Gasteiger partial charge in [-0.1, -0.05) is 0 Å². The minimum Gasteiger partial charge on any atom is -0.369 e. The molecule has 4 aliphatic carbocycles. The van der Waals surface area contributed by atoms with Crippen LogP contribution in [0.1, 0.15) is 48.9 Å². The van der Waals surface area contributed by atoms with Gasteiger partial charge < -0.3 is 4.90 Å². The van der Waals surface area contributed by atoms with E-state index in [9.17, 15) is 4.79 Å². The van der Waals surface area contributed by atoms with Crippen LogP contribution in [0.2, 0.25) is 0 Å². The molecule has 118 valence electrons. The average molecular weight is 300 g/mol. The molecular formula is C18H24N2O2. The van der Waals surface area contributed by atoms with Gasteiger partial charge in [-0.15, -0.1) is 0 Å². The smallest absolute Gasteiger partial charge is 0.274 e. The SMILES string of the molecule is CN(c1ccc(C(=O)NO)cc1)C12CC3CC(CC(C3)C1)C2. The third-order valence-electron chi connectivity index (χ3n) is 6.34. The highest BCUT2D eigenvalue weighted by Gasteiger charge is 2.52. The molecule has 1 aromatic carbocycles. The topological polar surface area (TPSA) is 52.6 Å². The van der Waals surface area contributed by atoms with Crippen LogP contribution in [0.15, 0.2) is 24.3 Å². The minimum atomic E-state index is -0.455. The number of hydrogen-bond acceptors (Lipinski definition) is 3. The summed E-state index contributed by atoms with van der Waals surface area (Å²) in [5.74, 6) is 2.32. The summed E-state index contributed by atoms with van der Waals surface area (Å²) in [5.41, 5.74) is 3.68. The Balaban J connectivity index is 1.59. The van der Waals surface area contributed by atoms with Gasteiger partial charge in [0, 0.05) is 23.8 Å². The van der Waals surface area contributed by atoms with Crippen molar-refractivity contribution < 1.29 is 10.0 Å². The van der Waals surface area contributed by atoms with Gasteiger partial charge in [-0.05, 0) is 80.5 Å². The van der Waals surface area contributed by atoms with E-state index in [2.05, 4.69) is 11.9 Å². The second-order valence-corrected chi connectivity index (χ2v) is 7.69. The Labute approximate surface area is 131 Å². The molecule has 22 heavy (non-hydrogen) atoms. The van der Waals surface area contributed by atoms with E-state index in [1.807, 2.05) is 12.1 Å². The third kappa shape index (κ3) is 2.12. The van der Waals surface area contributed by atoms with E-state index >= 15 is 0 Å². The molecule has 0 radical (unpaired) electrons. The molecule has 1 aromatic rings. The summed E-state index contributed by atoms with van der Waals surface area (Å²) in [6, 6.07) is 7.59. The van der Waals surface area contributed by atoms with Crippen molar-refractivity contribution in [3.05, 3.63) is 29.8 Å². The van der Waals surface area contributed by atoms with Gasteiger partial charge in [-0.2, -0.15) is 0 Å². The maximum atomic E-state index is 11.4. The van der Waals surface area contributed by atoms with Gasteiger partial charge in [-0.25, -0.2) is 5.48 Å². The summed E-state index contributed by atoms with van der Waals surface area (Å²) >= 11 is 0. The molecule has 0 heterocycles. The fraction of sp³-hybridized carbons (Fsp3) is 0.611. The van der Waals surface area contributed by atoms with Crippen LogP contribution >= 0.6 is 0 Å². The zero-order valence-corrected chi connectivity index (χ0v) is 13.1. The number of benzene rings is 1. The molecule has 4 fully saturated rings. The summed E-state index contributed by atoms with van der Waals surface area (Å²) in [7, 11) is 2.22. The van der Waals surface area contributed by atoms with E-state index in [1.54, 1.807) is 17.6 Å². The van der Waals surface area contributed by atoms with E-state index in [0.29, 0.717) is 11.1 Å². The number of nitrogens with one attached hydrogen (secondary N) is 1. The minimum absolute atomic E-state index is 0.329. The Bertz CT molecular complexity index is 546. The number of hydroxylamine groups is 1. The van der Waals surface area contributed by atoms with Crippen molar-refractivity contribution in [2.45, 2.75) is 44.1 Å². The van der Waals surface area contributed by atoms with E-state index in [0.717, 1.165) is 17.8 Å². The first-order chi connectivity index (χ1) is 10.6. The van der Waals surface area contributed by atoms with Gasteiger partial charge in [0.05, 0.1) is 0 Å². The Morgan fingerprint density at radius 1 is 1.09 bits per heavy atom. The first-order valence-corrected chi connectivity index (χ1v) is 8.38. The zero-order valence-electron chi connectivity index (χ0n) is 13.1. The van der Waals surface area contributed by atoms with Crippen LogP contribution in [0.4, 0.5) is 5.69 Å². The van der Waals surface area contributed by atoms with Gasteiger partial charge in [0.15, 0.2) is 0 Å². The molecular weight excluding hydrogens is 276 g/mol. The summed E-state index contributed by atoms with van der Waals surface area (Å²) in [6.07, 6.45) is 8.32. The van der Waals surface area contributed by atoms with Crippen molar-refractivity contribution in [2.75, 3.05) is 11.9 Å². The van der Waals surface area contributed by atoms with Crippen molar-refractivity contribution >= 4 is 11.6 Å². The van der Waals surface area contributed by atoms with Crippen molar-refractivity contribution in [3.63, 3.8) is 0 Å². The second-order valence-electron chi connectivity index (χ2n) is 7.69. The van der Waals surface area contributed by atoms with Crippen LogP contribution in [0.5, 0.6) is 0 Å². The predicted octanol–water partition coefficient (Wildman–Crippen LogP) is 3.21. The molecule has 4 aliphatic rings. The Kier molecular flexibility index (Phi) is 3.19. The van der Waals surface area contributed by atoms with E-state index < -0.39 is 5.91 Å². The fourth-order valence-corrected chi connectivity index (χ4v) is 5.65. The number of hydrogen-bond donors (Lipinski definition) is 2. The molecule has 0 spiro atoms. The van der Waals surface area contributed by atoms with Gasteiger partial charge in [0.2, 0.25) is 0 Å². The second kappa shape index (κ2) is 4.98. The van der Waals surface area contributed by atoms with Crippen molar-refractivity contribution in [2.24, 2.45) is 17.8 Å². The zero-order chi connectivity index (χ0) is 15.3. The van der Waals surface area contributed by atoms with Crippen LogP contribution in [0.3, 0.4) is 0 Å². The van der Waals surface area contributed by atoms with E-state index in [-0.39, 0.29) is 0 Å². The van der Waals surface area contributed by atoms with E-state index in [1.165, 1.54) is 44.2 Å². The molecule has 4 bridgehead atoms. The van der Waals surface area contributed by atoms with Crippen LogP contribution in [-0.4, -0.2) is 23.7 Å². The normalized spacial score (nSPS) is 35.5. The van der Waals surface area contributed by atoms with E-state index in [4.69, 9.17) is 5.21 Å². The average Bonchev–Trinajstić information content (AvgIpc) is 2.52. The number of nitrogens with zero attached hydrogens (tertiary/aromatic N) is 1. The molecule has 1 amide bonds. The van der Waals surface area contributed by atoms with Crippen molar-refractivity contribution in [1.82, 2.24) is 5.48 Å². The molecule has 2 N–H and O–H groups in total. The maximum absolute atomic E-state index is 11.4. The molecule has 4 heteroatoms. The number of amides is 1. The lowest BCUT2D eigenvalue weighted by molar-refractivity contribution is -0.00200. The molecule has 4 saturated carbocycles. The molecule has 0 atom stereocenters. The molecule has 0 unspecified atom stereocenters. The lowest BCUT2D eigenvalue weighted by Crippen LogP contribution is -2.59. The van der Waals surface area contributed by atoms with Crippen molar-refractivity contribution in [1.29, 1.82) is 0 Å². The highest BCUT2D eigenvalue weighted by atomic mass is 16.5. The lowest BCUT2D eigenvalue weighted by atomic mass is 9.52. The van der Waals surface area contributed by atoms with Crippen molar-refractivity contribution in [3.8, 4) is 0 Å². The first kappa shape index (κ1) is 14.1. The molecule has 4 nitrogen and oxygen atoms in total. The Morgan fingerprint density at radius 3 is 2.05 bits per heavy atom. The largest absolute Gasteiger partial charge is 0.369 e. The summed E-state index contributed by atoms with van der Waals surface area (Å²) in [5, 5.41) is 8.71. The van der Waals surface area contributed by atoms with Crippen LogP contribution in [0.25, 0.3) is 0 Å². The molecule has 5 rings (SSSR count). The molecule has 0 aromatic heterocycles. The monoisotopic (exact) mass is 300 g/mol. The van der Waals surface area contributed by atoms with Crippen LogP contribution in [-0.2, 0) is 0 Å². The molecule has 0 aliphatic heterocycles. The Morgan fingerprint density at radius 2 is 1.59 bits per heavy atom. The Hall–Kier alpha value is -1.55. The third-order valence-corrected chi connectivity index (χ3v) is 6.34.